The quantitative estimate of drug-likeness (QED) is 0.422. The molecule has 0 aromatic heterocycles. The highest BCUT2D eigenvalue weighted by Crippen LogP contribution is 2.21. The second kappa shape index (κ2) is 10.6. The summed E-state index contributed by atoms with van der Waals surface area (Å²) < 4.78 is 11.3. The van der Waals surface area contributed by atoms with E-state index >= 15 is 0 Å². The van der Waals surface area contributed by atoms with Crippen molar-refractivity contribution < 1.29 is 14.6 Å². The molecule has 1 N–H and O–H groups in total. The second-order valence-corrected chi connectivity index (χ2v) is 6.16. The van der Waals surface area contributed by atoms with Crippen LogP contribution in [0.25, 0.3) is 0 Å². The summed E-state index contributed by atoms with van der Waals surface area (Å²) in [7, 11) is 0. The predicted octanol–water partition coefficient (Wildman–Crippen LogP) is 5.28. The minimum Gasteiger partial charge on any atom is -0.465 e. The Kier molecular flexibility index (Phi) is 9.17. The molecule has 0 heterocycles. The highest BCUT2D eigenvalue weighted by molar-refractivity contribution is 5.20. The van der Waals surface area contributed by atoms with Crippen molar-refractivity contribution in [2.75, 3.05) is 0 Å². The number of hydrogen-bond acceptors (Lipinski definition) is 3. The minimum absolute atomic E-state index is 0.470. The van der Waals surface area contributed by atoms with E-state index in [0.29, 0.717) is 6.42 Å². The molecule has 1 rings (SSSR count). The van der Waals surface area contributed by atoms with Crippen molar-refractivity contribution in [1.82, 2.24) is 0 Å². The van der Waals surface area contributed by atoms with E-state index in [4.69, 9.17) is 9.47 Å². The van der Waals surface area contributed by atoms with Gasteiger partial charge in [0.05, 0.1) is 0 Å². The Labute approximate surface area is 135 Å². The van der Waals surface area contributed by atoms with Crippen molar-refractivity contribution in [1.29, 1.82) is 0 Å². The maximum absolute atomic E-state index is 10.3. The number of rotatable bonds is 12. The third-order valence-corrected chi connectivity index (χ3v) is 3.71. The van der Waals surface area contributed by atoms with Crippen LogP contribution in [0.3, 0.4) is 0 Å². The van der Waals surface area contributed by atoms with Crippen molar-refractivity contribution in [3.8, 4) is 5.75 Å². The molecular formula is C19H32O3. The molecule has 0 radical (unpaired) electrons. The SMILES string of the molecule is CCCCCCCCCC(C)(O)OC(C)Oc1ccccc1. The summed E-state index contributed by atoms with van der Waals surface area (Å²) in [6.45, 7) is 5.76. The molecule has 126 valence electrons. The number of para-hydroxylation sites is 1. The van der Waals surface area contributed by atoms with Crippen LogP contribution < -0.4 is 4.74 Å². The standard InChI is InChI=1S/C19H32O3/c1-4-5-6-7-8-9-13-16-19(3,20)22-17(2)21-18-14-11-10-12-15-18/h10-12,14-15,17,20H,4-9,13,16H2,1-3H3. The second-order valence-electron chi connectivity index (χ2n) is 6.16. The molecular weight excluding hydrogens is 276 g/mol. The molecule has 0 aliphatic rings. The molecule has 2 unspecified atom stereocenters. The molecule has 22 heavy (non-hydrogen) atoms. The summed E-state index contributed by atoms with van der Waals surface area (Å²) in [4.78, 5) is 0. The van der Waals surface area contributed by atoms with Gasteiger partial charge in [-0.05, 0) is 32.4 Å². The molecule has 0 aliphatic heterocycles. The first-order chi connectivity index (χ1) is 10.5. The Hall–Kier alpha value is -1.06. The van der Waals surface area contributed by atoms with Gasteiger partial charge in [0, 0.05) is 6.42 Å². The fourth-order valence-electron chi connectivity index (χ4n) is 2.54. The first-order valence-electron chi connectivity index (χ1n) is 8.65. The largest absolute Gasteiger partial charge is 0.465 e. The van der Waals surface area contributed by atoms with Gasteiger partial charge >= 0.3 is 0 Å². The van der Waals surface area contributed by atoms with Crippen molar-refractivity contribution in [3.05, 3.63) is 30.3 Å². The molecule has 0 fully saturated rings. The van der Waals surface area contributed by atoms with Crippen LogP contribution in [0.2, 0.25) is 0 Å². The maximum atomic E-state index is 10.3. The lowest BCUT2D eigenvalue weighted by Crippen LogP contribution is -2.34. The fourth-order valence-corrected chi connectivity index (χ4v) is 2.54. The predicted molar refractivity (Wildman–Crippen MR) is 90.9 cm³/mol. The van der Waals surface area contributed by atoms with Gasteiger partial charge in [0.15, 0.2) is 12.1 Å². The zero-order valence-electron chi connectivity index (χ0n) is 14.4. The molecule has 1 aromatic rings. The molecule has 0 amide bonds. The smallest absolute Gasteiger partial charge is 0.200 e. The molecule has 0 bridgehead atoms. The van der Waals surface area contributed by atoms with E-state index in [9.17, 15) is 5.11 Å². The van der Waals surface area contributed by atoms with Crippen LogP contribution >= 0.6 is 0 Å². The third kappa shape index (κ3) is 9.06. The third-order valence-electron chi connectivity index (χ3n) is 3.71. The number of unbranched alkanes of at least 4 members (excludes halogenated alkanes) is 6. The number of benzene rings is 1. The van der Waals surface area contributed by atoms with Gasteiger partial charge in [-0.15, -0.1) is 0 Å². The zero-order valence-corrected chi connectivity index (χ0v) is 14.4. The summed E-state index contributed by atoms with van der Waals surface area (Å²) in [6.07, 6.45) is 8.78. The van der Waals surface area contributed by atoms with Crippen LogP contribution in [0, 0.1) is 0 Å². The summed E-state index contributed by atoms with van der Waals surface area (Å²) in [5.74, 6) is -0.376. The first-order valence-corrected chi connectivity index (χ1v) is 8.65. The van der Waals surface area contributed by atoms with E-state index in [1.54, 1.807) is 6.92 Å². The summed E-state index contributed by atoms with van der Waals surface area (Å²) in [5, 5.41) is 10.3. The van der Waals surface area contributed by atoms with Crippen LogP contribution in [0.4, 0.5) is 0 Å². The average Bonchev–Trinajstić information content (AvgIpc) is 2.46. The van der Waals surface area contributed by atoms with Gasteiger partial charge in [0.1, 0.15) is 5.75 Å². The van der Waals surface area contributed by atoms with Crippen LogP contribution in [-0.2, 0) is 4.74 Å². The van der Waals surface area contributed by atoms with Crippen LogP contribution in [0.5, 0.6) is 5.75 Å². The fraction of sp³-hybridized carbons (Fsp3) is 0.684. The summed E-state index contributed by atoms with van der Waals surface area (Å²) in [6, 6.07) is 9.53. The van der Waals surface area contributed by atoms with Gasteiger partial charge < -0.3 is 14.6 Å². The van der Waals surface area contributed by atoms with E-state index in [1.807, 2.05) is 37.3 Å². The van der Waals surface area contributed by atoms with Crippen molar-refractivity contribution in [2.24, 2.45) is 0 Å². The summed E-state index contributed by atoms with van der Waals surface area (Å²) in [5.41, 5.74) is 0. The van der Waals surface area contributed by atoms with Gasteiger partial charge in [0.25, 0.3) is 0 Å². The van der Waals surface area contributed by atoms with E-state index in [0.717, 1.165) is 18.6 Å². The zero-order chi connectivity index (χ0) is 16.3. The van der Waals surface area contributed by atoms with Gasteiger partial charge in [-0.2, -0.15) is 0 Å². The van der Waals surface area contributed by atoms with Gasteiger partial charge in [-0.25, -0.2) is 0 Å². The van der Waals surface area contributed by atoms with Crippen molar-refractivity contribution in [3.63, 3.8) is 0 Å². The number of ether oxygens (including phenoxy) is 2. The van der Waals surface area contributed by atoms with Gasteiger partial charge in [0.2, 0.25) is 0 Å². The molecule has 2 atom stereocenters. The lowest BCUT2D eigenvalue weighted by Gasteiger charge is -2.28. The topological polar surface area (TPSA) is 38.7 Å². The number of aliphatic hydroxyl groups is 1. The molecule has 0 spiro atoms. The molecule has 0 saturated heterocycles. The van der Waals surface area contributed by atoms with Crippen LogP contribution in [0.15, 0.2) is 30.3 Å². The highest BCUT2D eigenvalue weighted by Gasteiger charge is 2.24. The Morgan fingerprint density at radius 2 is 1.59 bits per heavy atom. The van der Waals surface area contributed by atoms with Crippen LogP contribution in [-0.4, -0.2) is 17.2 Å². The molecule has 3 nitrogen and oxygen atoms in total. The average molecular weight is 308 g/mol. The normalized spacial score (nSPS) is 15.3. The Morgan fingerprint density at radius 3 is 2.23 bits per heavy atom. The Morgan fingerprint density at radius 1 is 1.00 bits per heavy atom. The van der Waals surface area contributed by atoms with Gasteiger partial charge in [-0.3, -0.25) is 0 Å². The maximum Gasteiger partial charge on any atom is 0.200 e. The van der Waals surface area contributed by atoms with Crippen molar-refractivity contribution >= 4 is 0 Å². The summed E-state index contributed by atoms with van der Waals surface area (Å²) >= 11 is 0. The monoisotopic (exact) mass is 308 g/mol. The van der Waals surface area contributed by atoms with E-state index in [1.165, 1.54) is 32.1 Å². The minimum atomic E-state index is -1.13. The molecule has 0 aliphatic carbocycles. The Bertz CT molecular complexity index is 376. The number of hydrogen-bond donors (Lipinski definition) is 1. The van der Waals surface area contributed by atoms with E-state index < -0.39 is 12.1 Å². The van der Waals surface area contributed by atoms with E-state index in [-0.39, 0.29) is 0 Å². The van der Waals surface area contributed by atoms with Crippen LogP contribution in [0.1, 0.15) is 72.1 Å². The van der Waals surface area contributed by atoms with Crippen molar-refractivity contribution in [2.45, 2.75) is 84.2 Å². The highest BCUT2D eigenvalue weighted by atomic mass is 16.7. The lowest BCUT2D eigenvalue weighted by molar-refractivity contribution is -0.258. The first kappa shape index (κ1) is 19.0. The molecule has 3 heteroatoms. The van der Waals surface area contributed by atoms with Gasteiger partial charge in [-0.1, -0.05) is 63.6 Å². The molecule has 1 aromatic carbocycles. The Balaban J connectivity index is 2.16. The van der Waals surface area contributed by atoms with E-state index in [2.05, 4.69) is 6.92 Å². The lowest BCUT2D eigenvalue weighted by atomic mass is 10.1. The molecule has 0 saturated carbocycles.